The SMILES string of the molecule is COc1ccc(O)c(NS(=O)(=O)c2ccccc2C#N)c1. The Morgan fingerprint density at radius 1 is 1.24 bits per heavy atom. The Balaban J connectivity index is 2.45. The van der Waals surface area contributed by atoms with Crippen LogP contribution in [0.25, 0.3) is 0 Å². The smallest absolute Gasteiger partial charge is 0.263 e. The number of hydrogen-bond acceptors (Lipinski definition) is 5. The lowest BCUT2D eigenvalue weighted by Gasteiger charge is -2.11. The highest BCUT2D eigenvalue weighted by Gasteiger charge is 2.20. The monoisotopic (exact) mass is 304 g/mol. The van der Waals surface area contributed by atoms with Gasteiger partial charge in [-0.25, -0.2) is 8.42 Å². The highest BCUT2D eigenvalue weighted by molar-refractivity contribution is 7.92. The largest absolute Gasteiger partial charge is 0.506 e. The lowest BCUT2D eigenvalue weighted by atomic mass is 10.2. The lowest BCUT2D eigenvalue weighted by Crippen LogP contribution is -2.14. The fraction of sp³-hybridized carbons (Fsp3) is 0.0714. The molecule has 0 aromatic heterocycles. The van der Waals surface area contributed by atoms with Crippen LogP contribution in [0.2, 0.25) is 0 Å². The summed E-state index contributed by atoms with van der Waals surface area (Å²) in [7, 11) is -2.57. The van der Waals surface area contributed by atoms with E-state index in [1.807, 2.05) is 6.07 Å². The van der Waals surface area contributed by atoms with Crippen molar-refractivity contribution < 1.29 is 18.3 Å². The number of anilines is 1. The first-order valence-electron chi connectivity index (χ1n) is 5.87. The molecule has 2 aromatic rings. The molecule has 0 radical (unpaired) electrons. The quantitative estimate of drug-likeness (QED) is 0.842. The summed E-state index contributed by atoms with van der Waals surface area (Å²) in [6.07, 6.45) is 0. The number of nitrogens with zero attached hydrogens (tertiary/aromatic N) is 1. The Morgan fingerprint density at radius 3 is 2.62 bits per heavy atom. The first-order valence-corrected chi connectivity index (χ1v) is 7.35. The van der Waals surface area contributed by atoms with Crippen molar-refractivity contribution in [2.24, 2.45) is 0 Å². The minimum atomic E-state index is -3.99. The van der Waals surface area contributed by atoms with Gasteiger partial charge in [-0.1, -0.05) is 12.1 Å². The van der Waals surface area contributed by atoms with Crippen molar-refractivity contribution in [3.05, 3.63) is 48.0 Å². The third-order valence-electron chi connectivity index (χ3n) is 2.75. The van der Waals surface area contributed by atoms with Gasteiger partial charge in [0.15, 0.2) is 0 Å². The summed E-state index contributed by atoms with van der Waals surface area (Å²) in [4.78, 5) is -0.158. The van der Waals surface area contributed by atoms with Crippen LogP contribution in [-0.2, 0) is 10.0 Å². The average molecular weight is 304 g/mol. The number of rotatable bonds is 4. The zero-order chi connectivity index (χ0) is 15.5. The Morgan fingerprint density at radius 2 is 1.95 bits per heavy atom. The molecule has 7 heteroatoms. The number of aromatic hydroxyl groups is 1. The van der Waals surface area contributed by atoms with E-state index in [9.17, 15) is 13.5 Å². The molecule has 0 spiro atoms. The molecular formula is C14H12N2O4S. The summed E-state index contributed by atoms with van der Waals surface area (Å²) in [6.45, 7) is 0. The highest BCUT2D eigenvalue weighted by atomic mass is 32.2. The molecule has 0 fully saturated rings. The Labute approximate surface area is 122 Å². The third kappa shape index (κ3) is 3.07. The van der Waals surface area contributed by atoms with Gasteiger partial charge in [-0.3, -0.25) is 4.72 Å². The number of ether oxygens (including phenoxy) is 1. The molecule has 0 atom stereocenters. The number of phenols is 1. The van der Waals surface area contributed by atoms with Gasteiger partial charge < -0.3 is 9.84 Å². The number of nitriles is 1. The van der Waals surface area contributed by atoms with Crippen molar-refractivity contribution in [3.63, 3.8) is 0 Å². The van der Waals surface area contributed by atoms with Crippen LogP contribution in [0, 0.1) is 11.3 Å². The maximum Gasteiger partial charge on any atom is 0.263 e. The van der Waals surface area contributed by atoms with E-state index in [2.05, 4.69) is 4.72 Å². The summed E-state index contributed by atoms with van der Waals surface area (Å²) in [5.41, 5.74) is -0.00511. The van der Waals surface area contributed by atoms with E-state index in [1.54, 1.807) is 6.07 Å². The van der Waals surface area contributed by atoms with Crippen LogP contribution in [0.15, 0.2) is 47.4 Å². The molecule has 2 N–H and O–H groups in total. The molecule has 108 valence electrons. The zero-order valence-electron chi connectivity index (χ0n) is 11.1. The van der Waals surface area contributed by atoms with Crippen LogP contribution in [0.1, 0.15) is 5.56 Å². The van der Waals surface area contributed by atoms with Crippen LogP contribution < -0.4 is 9.46 Å². The van der Waals surface area contributed by atoms with Gasteiger partial charge in [0, 0.05) is 6.07 Å². The number of benzene rings is 2. The average Bonchev–Trinajstić information content (AvgIpc) is 2.49. The Bertz CT molecular complexity index is 810. The van der Waals surface area contributed by atoms with E-state index in [4.69, 9.17) is 10.00 Å². The van der Waals surface area contributed by atoms with Gasteiger partial charge in [0.2, 0.25) is 0 Å². The second-order valence-electron chi connectivity index (χ2n) is 4.10. The van der Waals surface area contributed by atoms with Crippen molar-refractivity contribution in [2.45, 2.75) is 4.90 Å². The number of phenolic OH excluding ortho intramolecular Hbond substituents is 1. The van der Waals surface area contributed by atoms with E-state index in [0.717, 1.165) is 0 Å². The minimum absolute atomic E-state index is 0.0207. The van der Waals surface area contributed by atoms with E-state index < -0.39 is 10.0 Å². The molecule has 0 aliphatic carbocycles. The summed E-state index contributed by atoms with van der Waals surface area (Å²) in [5.74, 6) is 0.146. The summed E-state index contributed by atoms with van der Waals surface area (Å²) < 4.78 is 31.9. The van der Waals surface area contributed by atoms with Gasteiger partial charge in [-0.05, 0) is 24.3 Å². The first-order chi connectivity index (χ1) is 9.97. The normalized spacial score (nSPS) is 10.7. The third-order valence-corrected chi connectivity index (χ3v) is 4.17. The first kappa shape index (κ1) is 14.7. The number of methoxy groups -OCH3 is 1. The molecule has 0 aliphatic rings. The Hall–Kier alpha value is -2.72. The van der Waals surface area contributed by atoms with Crippen molar-refractivity contribution in [1.29, 1.82) is 5.26 Å². The van der Waals surface area contributed by atoms with Crippen molar-refractivity contribution in [1.82, 2.24) is 0 Å². The second kappa shape index (κ2) is 5.73. The van der Waals surface area contributed by atoms with Crippen molar-refractivity contribution >= 4 is 15.7 Å². The molecule has 21 heavy (non-hydrogen) atoms. The molecule has 0 saturated heterocycles. The van der Waals surface area contributed by atoms with Gasteiger partial charge in [-0.2, -0.15) is 5.26 Å². The highest BCUT2D eigenvalue weighted by Crippen LogP contribution is 2.30. The van der Waals surface area contributed by atoms with Gasteiger partial charge in [0.05, 0.1) is 18.4 Å². The number of hydrogen-bond donors (Lipinski definition) is 2. The number of sulfonamides is 1. The van der Waals surface area contributed by atoms with Gasteiger partial charge in [-0.15, -0.1) is 0 Å². The second-order valence-corrected chi connectivity index (χ2v) is 5.75. The van der Waals surface area contributed by atoms with Gasteiger partial charge >= 0.3 is 0 Å². The molecule has 0 saturated carbocycles. The zero-order valence-corrected chi connectivity index (χ0v) is 11.9. The molecule has 2 rings (SSSR count). The molecule has 6 nitrogen and oxygen atoms in total. The topological polar surface area (TPSA) is 99.4 Å². The van der Waals surface area contributed by atoms with Crippen LogP contribution in [-0.4, -0.2) is 20.6 Å². The predicted molar refractivity (Wildman–Crippen MR) is 76.6 cm³/mol. The van der Waals surface area contributed by atoms with Gasteiger partial charge in [0.25, 0.3) is 10.0 Å². The maximum atomic E-state index is 12.3. The van der Waals surface area contributed by atoms with Crippen LogP contribution >= 0.6 is 0 Å². The number of nitrogens with one attached hydrogen (secondary N) is 1. The van der Waals surface area contributed by atoms with Crippen LogP contribution in [0.3, 0.4) is 0 Å². The molecule has 0 amide bonds. The molecule has 0 aliphatic heterocycles. The van der Waals surface area contributed by atoms with E-state index in [-0.39, 0.29) is 21.9 Å². The van der Waals surface area contributed by atoms with E-state index >= 15 is 0 Å². The van der Waals surface area contributed by atoms with Crippen molar-refractivity contribution in [2.75, 3.05) is 11.8 Å². The Kier molecular flexibility index (Phi) is 4.00. The van der Waals surface area contributed by atoms with Crippen LogP contribution in [0.4, 0.5) is 5.69 Å². The summed E-state index contributed by atoms with van der Waals surface area (Å²) in [6, 6.07) is 11.8. The maximum absolute atomic E-state index is 12.3. The standard InChI is InChI=1S/C14H12N2O4S/c1-20-11-6-7-13(17)12(8-11)16-21(18,19)14-5-3-2-4-10(14)9-15/h2-8,16-17H,1H3. The molecule has 0 unspecified atom stereocenters. The lowest BCUT2D eigenvalue weighted by molar-refractivity contribution is 0.413. The summed E-state index contributed by atoms with van der Waals surface area (Å²) in [5, 5.41) is 18.7. The molecule has 2 aromatic carbocycles. The van der Waals surface area contributed by atoms with Gasteiger partial charge in [0.1, 0.15) is 22.5 Å². The van der Waals surface area contributed by atoms with E-state index in [0.29, 0.717) is 5.75 Å². The van der Waals surface area contributed by atoms with Crippen molar-refractivity contribution in [3.8, 4) is 17.6 Å². The fourth-order valence-corrected chi connectivity index (χ4v) is 2.94. The van der Waals surface area contributed by atoms with Crippen LogP contribution in [0.5, 0.6) is 11.5 Å². The molecular weight excluding hydrogens is 292 g/mol. The predicted octanol–water partition coefficient (Wildman–Crippen LogP) is 2.07. The summed E-state index contributed by atoms with van der Waals surface area (Å²) >= 11 is 0. The van der Waals surface area contributed by atoms with E-state index in [1.165, 1.54) is 43.5 Å². The molecule has 0 bridgehead atoms. The molecule has 0 heterocycles. The fourth-order valence-electron chi connectivity index (χ4n) is 1.72. The minimum Gasteiger partial charge on any atom is -0.506 e.